The van der Waals surface area contributed by atoms with Crippen LogP contribution >= 0.6 is 0 Å². The number of hydrogen-bond acceptors (Lipinski definition) is 2. The van der Waals surface area contributed by atoms with Gasteiger partial charge >= 0.3 is 0 Å². The number of halogens is 1. The van der Waals surface area contributed by atoms with E-state index in [1.807, 2.05) is 20.8 Å². The van der Waals surface area contributed by atoms with Crippen molar-refractivity contribution in [2.75, 3.05) is 0 Å². The highest BCUT2D eigenvalue weighted by molar-refractivity contribution is 5.97. The lowest BCUT2D eigenvalue weighted by atomic mass is 9.95. The van der Waals surface area contributed by atoms with Crippen LogP contribution in [-0.4, -0.2) is 16.6 Å². The Morgan fingerprint density at radius 2 is 2.00 bits per heavy atom. The van der Waals surface area contributed by atoms with E-state index < -0.39 is 11.7 Å². The van der Waals surface area contributed by atoms with Gasteiger partial charge in [-0.3, -0.25) is 4.79 Å². The molecule has 1 amide bonds. The molecule has 94 valence electrons. The van der Waals surface area contributed by atoms with Crippen molar-refractivity contribution in [3.63, 3.8) is 0 Å². The van der Waals surface area contributed by atoms with Crippen LogP contribution in [0.25, 0.3) is 0 Å². The van der Waals surface area contributed by atoms with Gasteiger partial charge in [-0.05, 0) is 31.9 Å². The molecular weight excluding hydrogens is 221 g/mol. The van der Waals surface area contributed by atoms with Gasteiger partial charge in [0.05, 0.1) is 0 Å². The molecule has 0 fully saturated rings. The van der Waals surface area contributed by atoms with Crippen molar-refractivity contribution >= 4 is 5.91 Å². The Bertz CT molecular complexity index is 394. The van der Waals surface area contributed by atoms with Crippen LogP contribution in [0, 0.1) is 5.82 Å². The van der Waals surface area contributed by atoms with Crippen molar-refractivity contribution < 1.29 is 14.3 Å². The lowest BCUT2D eigenvalue weighted by molar-refractivity contribution is 0.0894. The third kappa shape index (κ3) is 2.96. The Labute approximate surface area is 101 Å². The average molecular weight is 239 g/mol. The van der Waals surface area contributed by atoms with Crippen LogP contribution in [-0.2, 0) is 0 Å². The van der Waals surface area contributed by atoms with Crippen molar-refractivity contribution in [3.8, 4) is 5.75 Å². The topological polar surface area (TPSA) is 49.3 Å². The van der Waals surface area contributed by atoms with E-state index in [9.17, 15) is 14.3 Å². The summed E-state index contributed by atoms with van der Waals surface area (Å²) in [7, 11) is 0. The number of nitrogens with one attached hydrogen (secondary N) is 1. The molecule has 0 saturated heterocycles. The maximum atomic E-state index is 13.5. The number of phenols is 1. The lowest BCUT2D eigenvalue weighted by Gasteiger charge is -2.28. The second kappa shape index (κ2) is 5.17. The molecular formula is C13H18FNO2. The smallest absolute Gasteiger partial charge is 0.258 e. The molecule has 1 aromatic carbocycles. The predicted octanol–water partition coefficient (Wildman–Crippen LogP) is 2.84. The zero-order chi connectivity index (χ0) is 13.1. The highest BCUT2D eigenvalue weighted by Crippen LogP contribution is 2.22. The summed E-state index contributed by atoms with van der Waals surface area (Å²) < 4.78 is 13.5. The third-order valence-corrected chi connectivity index (χ3v) is 3.19. The Morgan fingerprint density at radius 1 is 1.41 bits per heavy atom. The van der Waals surface area contributed by atoms with Gasteiger partial charge in [0.1, 0.15) is 17.1 Å². The Kier molecular flexibility index (Phi) is 4.10. The molecule has 0 unspecified atom stereocenters. The number of carbonyl (C=O) groups excluding carboxylic acids is 1. The van der Waals surface area contributed by atoms with Gasteiger partial charge in [-0.25, -0.2) is 4.39 Å². The van der Waals surface area contributed by atoms with Crippen molar-refractivity contribution in [3.05, 3.63) is 29.6 Å². The van der Waals surface area contributed by atoms with E-state index in [0.717, 1.165) is 18.9 Å². The minimum Gasteiger partial charge on any atom is -0.507 e. The quantitative estimate of drug-likeness (QED) is 0.848. The van der Waals surface area contributed by atoms with Gasteiger partial charge in [0.15, 0.2) is 0 Å². The van der Waals surface area contributed by atoms with Crippen molar-refractivity contribution in [2.45, 2.75) is 39.2 Å². The molecule has 0 saturated carbocycles. The summed E-state index contributed by atoms with van der Waals surface area (Å²) >= 11 is 0. The van der Waals surface area contributed by atoms with Gasteiger partial charge < -0.3 is 10.4 Å². The largest absolute Gasteiger partial charge is 0.507 e. The number of rotatable bonds is 4. The monoisotopic (exact) mass is 239 g/mol. The molecule has 1 aromatic rings. The highest BCUT2D eigenvalue weighted by atomic mass is 19.1. The van der Waals surface area contributed by atoms with Crippen molar-refractivity contribution in [2.24, 2.45) is 0 Å². The highest BCUT2D eigenvalue weighted by Gasteiger charge is 2.25. The average Bonchev–Trinajstić information content (AvgIpc) is 2.28. The predicted molar refractivity (Wildman–Crippen MR) is 64.5 cm³/mol. The number of benzene rings is 1. The molecule has 0 heterocycles. The van der Waals surface area contributed by atoms with Crippen LogP contribution in [0.3, 0.4) is 0 Å². The first-order valence-electron chi connectivity index (χ1n) is 5.73. The Hall–Kier alpha value is -1.58. The maximum Gasteiger partial charge on any atom is 0.258 e. The van der Waals surface area contributed by atoms with E-state index in [-0.39, 0.29) is 16.9 Å². The summed E-state index contributed by atoms with van der Waals surface area (Å²) in [5.41, 5.74) is -0.674. The number of amides is 1. The molecule has 4 heteroatoms. The number of hydrogen-bond donors (Lipinski definition) is 2. The first-order valence-corrected chi connectivity index (χ1v) is 5.73. The molecule has 0 radical (unpaired) electrons. The number of aromatic hydroxyl groups is 1. The van der Waals surface area contributed by atoms with Gasteiger partial charge in [0.2, 0.25) is 0 Å². The molecule has 0 aliphatic heterocycles. The van der Waals surface area contributed by atoms with E-state index >= 15 is 0 Å². The fraction of sp³-hybridized carbons (Fsp3) is 0.462. The molecule has 0 bridgehead atoms. The van der Waals surface area contributed by atoms with E-state index in [2.05, 4.69) is 5.32 Å². The minimum absolute atomic E-state index is 0.291. The fourth-order valence-electron chi connectivity index (χ4n) is 1.50. The van der Waals surface area contributed by atoms with Gasteiger partial charge in [-0.2, -0.15) is 0 Å². The van der Waals surface area contributed by atoms with Gasteiger partial charge in [-0.1, -0.05) is 19.9 Å². The first-order chi connectivity index (χ1) is 7.93. The SMILES string of the molecule is CCC(C)(CC)NC(=O)c1c(O)cccc1F. The number of phenolic OH excluding ortho intramolecular Hbond substituents is 1. The van der Waals surface area contributed by atoms with Crippen LogP contribution in [0.5, 0.6) is 5.75 Å². The summed E-state index contributed by atoms with van der Waals surface area (Å²) in [5, 5.41) is 12.3. The molecule has 0 atom stereocenters. The van der Waals surface area contributed by atoms with E-state index in [0.29, 0.717) is 0 Å². The Balaban J connectivity index is 2.98. The Morgan fingerprint density at radius 3 is 2.47 bits per heavy atom. The van der Waals surface area contributed by atoms with E-state index in [4.69, 9.17) is 0 Å². The molecule has 0 aromatic heterocycles. The van der Waals surface area contributed by atoms with Crippen LogP contribution in [0.2, 0.25) is 0 Å². The van der Waals surface area contributed by atoms with E-state index in [1.165, 1.54) is 12.1 Å². The van der Waals surface area contributed by atoms with Gasteiger partial charge in [0, 0.05) is 5.54 Å². The molecule has 0 spiro atoms. The van der Waals surface area contributed by atoms with Gasteiger partial charge in [-0.15, -0.1) is 0 Å². The summed E-state index contributed by atoms with van der Waals surface area (Å²) in [4.78, 5) is 11.9. The zero-order valence-corrected chi connectivity index (χ0v) is 10.4. The molecule has 2 N–H and O–H groups in total. The summed E-state index contributed by atoms with van der Waals surface area (Å²) in [6, 6.07) is 3.82. The standard InChI is InChI=1S/C13H18FNO2/c1-4-13(3,5-2)15-12(17)11-9(14)7-6-8-10(11)16/h6-8,16H,4-5H2,1-3H3,(H,15,17). The van der Waals surface area contributed by atoms with Gasteiger partial charge in [0.25, 0.3) is 5.91 Å². The summed E-state index contributed by atoms with van der Waals surface area (Å²) in [6.07, 6.45) is 1.48. The van der Waals surface area contributed by atoms with Crippen molar-refractivity contribution in [1.29, 1.82) is 0 Å². The second-order valence-corrected chi connectivity index (χ2v) is 4.36. The van der Waals surface area contributed by atoms with Crippen LogP contribution in [0.15, 0.2) is 18.2 Å². The molecule has 0 aliphatic rings. The molecule has 3 nitrogen and oxygen atoms in total. The summed E-state index contributed by atoms with van der Waals surface area (Å²) in [5.74, 6) is -1.62. The van der Waals surface area contributed by atoms with E-state index in [1.54, 1.807) is 0 Å². The first kappa shape index (κ1) is 13.5. The molecule has 0 aliphatic carbocycles. The van der Waals surface area contributed by atoms with Crippen LogP contribution in [0.1, 0.15) is 44.0 Å². The minimum atomic E-state index is -0.711. The number of carbonyl (C=O) groups is 1. The van der Waals surface area contributed by atoms with Crippen LogP contribution in [0.4, 0.5) is 4.39 Å². The zero-order valence-electron chi connectivity index (χ0n) is 10.4. The lowest BCUT2D eigenvalue weighted by Crippen LogP contribution is -2.45. The molecule has 17 heavy (non-hydrogen) atoms. The van der Waals surface area contributed by atoms with Crippen LogP contribution < -0.4 is 5.32 Å². The fourth-order valence-corrected chi connectivity index (χ4v) is 1.50. The normalized spacial score (nSPS) is 11.3. The second-order valence-electron chi connectivity index (χ2n) is 4.36. The molecule has 1 rings (SSSR count). The third-order valence-electron chi connectivity index (χ3n) is 3.19. The maximum absolute atomic E-state index is 13.5. The van der Waals surface area contributed by atoms with Crippen molar-refractivity contribution in [1.82, 2.24) is 5.32 Å². The summed E-state index contributed by atoms with van der Waals surface area (Å²) in [6.45, 7) is 5.79.